The van der Waals surface area contributed by atoms with E-state index in [1.165, 1.54) is 0 Å². The maximum atomic E-state index is 9.88. The molecule has 0 rings (SSSR count). The molecule has 0 bridgehead atoms. The Hall–Kier alpha value is -1.05. The topological polar surface area (TPSA) is 26.3 Å². The number of hydrogen-bond donors (Lipinski definition) is 0. The Morgan fingerprint density at radius 3 is 2.92 bits per heavy atom. The summed E-state index contributed by atoms with van der Waals surface area (Å²) in [6, 6.07) is 0. The maximum absolute atomic E-state index is 9.88. The van der Waals surface area contributed by atoms with Crippen LogP contribution >= 0.6 is 0 Å². The van der Waals surface area contributed by atoms with Gasteiger partial charge in [-0.2, -0.15) is 0 Å². The first kappa shape index (κ1) is 11.9. The van der Waals surface area contributed by atoms with Gasteiger partial charge in [-0.1, -0.05) is 13.0 Å². The van der Waals surface area contributed by atoms with Crippen molar-refractivity contribution in [2.45, 2.75) is 32.6 Å². The average molecular weight is 181 g/mol. The fourth-order valence-corrected chi connectivity index (χ4v) is 1.15. The molecule has 0 heterocycles. The van der Waals surface area contributed by atoms with E-state index < -0.39 is 0 Å². The molecule has 0 aliphatic heterocycles. The summed E-state index contributed by atoms with van der Waals surface area (Å²) in [6.45, 7) is 11.6. The van der Waals surface area contributed by atoms with E-state index in [2.05, 4.69) is 18.2 Å². The van der Waals surface area contributed by atoms with Crippen molar-refractivity contribution in [2.75, 3.05) is 0 Å². The Morgan fingerprint density at radius 2 is 2.38 bits per heavy atom. The molecule has 0 fully saturated rings. The van der Waals surface area contributed by atoms with E-state index in [4.69, 9.17) is 6.58 Å². The minimum Gasteiger partial charge on any atom is -0.433 e. The molecule has 0 aromatic rings. The molecule has 1 atom stereocenters. The molecule has 13 heavy (non-hydrogen) atoms. The van der Waals surface area contributed by atoms with Crippen molar-refractivity contribution in [3.63, 3.8) is 0 Å². The standard InChI is InChI=1S/C11H17O2/c1-4-6-10(2)7-5-8-11(3)13-9-12/h3-4,9-10H,1,5-8H2,2H3/t10-/m0/s1. The van der Waals surface area contributed by atoms with Crippen LogP contribution in [0.4, 0.5) is 0 Å². The van der Waals surface area contributed by atoms with Crippen LogP contribution in [0.1, 0.15) is 32.6 Å². The highest BCUT2D eigenvalue weighted by Gasteiger charge is 2.00. The van der Waals surface area contributed by atoms with E-state index in [9.17, 15) is 4.79 Å². The second-order valence-electron chi connectivity index (χ2n) is 3.20. The Bertz CT molecular complexity index is 173. The second-order valence-corrected chi connectivity index (χ2v) is 3.20. The lowest BCUT2D eigenvalue weighted by molar-refractivity contribution is -0.125. The highest BCUT2D eigenvalue weighted by molar-refractivity contribution is 5.39. The van der Waals surface area contributed by atoms with Gasteiger partial charge in [-0.15, -0.1) is 6.58 Å². The van der Waals surface area contributed by atoms with Gasteiger partial charge in [0.15, 0.2) is 0 Å². The molecule has 2 heteroatoms. The van der Waals surface area contributed by atoms with Crippen LogP contribution in [-0.4, -0.2) is 6.47 Å². The zero-order valence-electron chi connectivity index (χ0n) is 8.16. The van der Waals surface area contributed by atoms with E-state index in [-0.39, 0.29) is 0 Å². The summed E-state index contributed by atoms with van der Waals surface area (Å²) < 4.78 is 4.48. The van der Waals surface area contributed by atoms with Gasteiger partial charge in [0.05, 0.1) is 0 Å². The van der Waals surface area contributed by atoms with Crippen LogP contribution in [0.25, 0.3) is 0 Å². The van der Waals surface area contributed by atoms with E-state index in [1.807, 2.05) is 6.08 Å². The fourth-order valence-electron chi connectivity index (χ4n) is 1.15. The van der Waals surface area contributed by atoms with Crippen LogP contribution in [0.3, 0.4) is 0 Å². The molecule has 0 aliphatic carbocycles. The van der Waals surface area contributed by atoms with Gasteiger partial charge in [0.1, 0.15) is 5.76 Å². The highest BCUT2D eigenvalue weighted by Crippen LogP contribution is 2.14. The number of carbonyl (C=O) groups is 1. The van der Waals surface area contributed by atoms with E-state index >= 15 is 0 Å². The third-order valence-electron chi connectivity index (χ3n) is 1.89. The molecule has 73 valence electrons. The molecule has 1 radical (unpaired) electrons. The van der Waals surface area contributed by atoms with Crippen LogP contribution in [0, 0.1) is 12.5 Å². The summed E-state index contributed by atoms with van der Waals surface area (Å²) in [7, 11) is 0. The first-order valence-corrected chi connectivity index (χ1v) is 4.53. The first-order chi connectivity index (χ1) is 6.20. The van der Waals surface area contributed by atoms with Crippen LogP contribution in [0.2, 0.25) is 0 Å². The number of ether oxygens (including phenoxy) is 1. The smallest absolute Gasteiger partial charge is 0.298 e. The van der Waals surface area contributed by atoms with E-state index in [0.717, 1.165) is 19.3 Å². The summed E-state index contributed by atoms with van der Waals surface area (Å²) in [5, 5.41) is 0. The lowest BCUT2D eigenvalue weighted by Gasteiger charge is -2.07. The van der Waals surface area contributed by atoms with Gasteiger partial charge in [0.2, 0.25) is 0 Å². The van der Waals surface area contributed by atoms with Crippen molar-refractivity contribution in [1.29, 1.82) is 0 Å². The van der Waals surface area contributed by atoms with Crippen molar-refractivity contribution >= 4 is 6.47 Å². The summed E-state index contributed by atoms with van der Waals surface area (Å²) in [5.74, 6) is 0.933. The Morgan fingerprint density at radius 1 is 1.69 bits per heavy atom. The summed E-state index contributed by atoms with van der Waals surface area (Å²) >= 11 is 0. The minimum atomic E-state index is 0.306. The quantitative estimate of drug-likeness (QED) is 0.327. The lowest BCUT2D eigenvalue weighted by atomic mass is 10.0. The third-order valence-corrected chi connectivity index (χ3v) is 1.89. The molecular weight excluding hydrogens is 164 g/mol. The summed E-state index contributed by atoms with van der Waals surface area (Å²) in [6.07, 6.45) is 5.62. The molecule has 0 N–H and O–H groups in total. The predicted octanol–water partition coefficient (Wildman–Crippen LogP) is 2.86. The number of rotatable bonds is 8. The fraction of sp³-hybridized carbons (Fsp3) is 0.545. The second kappa shape index (κ2) is 7.59. The molecule has 0 aromatic carbocycles. The van der Waals surface area contributed by atoms with Crippen molar-refractivity contribution in [3.05, 3.63) is 25.0 Å². The van der Waals surface area contributed by atoms with Crippen molar-refractivity contribution in [3.8, 4) is 0 Å². The van der Waals surface area contributed by atoms with Gasteiger partial charge in [0.25, 0.3) is 6.47 Å². The van der Waals surface area contributed by atoms with Crippen molar-refractivity contribution in [1.82, 2.24) is 0 Å². The zero-order valence-corrected chi connectivity index (χ0v) is 8.16. The molecule has 0 aliphatic rings. The van der Waals surface area contributed by atoms with Gasteiger partial charge in [-0.3, -0.25) is 4.79 Å². The number of allylic oxidation sites excluding steroid dienone is 2. The maximum Gasteiger partial charge on any atom is 0.298 e. The summed E-state index contributed by atoms with van der Waals surface area (Å²) in [4.78, 5) is 9.88. The van der Waals surface area contributed by atoms with Gasteiger partial charge >= 0.3 is 0 Å². The molecule has 0 unspecified atom stereocenters. The number of carbonyl (C=O) groups excluding carboxylic acids is 1. The molecule has 0 aromatic heterocycles. The molecule has 0 saturated carbocycles. The zero-order chi connectivity index (χ0) is 10.1. The van der Waals surface area contributed by atoms with Gasteiger partial charge in [-0.25, -0.2) is 0 Å². The SMILES string of the molecule is [CH]=C(CCC[C@@H](C)CC=C)OC=O. The number of hydrogen-bond acceptors (Lipinski definition) is 2. The highest BCUT2D eigenvalue weighted by atomic mass is 16.5. The average Bonchev–Trinajstić information content (AvgIpc) is 2.05. The minimum absolute atomic E-state index is 0.306. The molecule has 0 spiro atoms. The summed E-state index contributed by atoms with van der Waals surface area (Å²) in [5.41, 5.74) is 0. The van der Waals surface area contributed by atoms with Crippen LogP contribution in [0.15, 0.2) is 18.4 Å². The van der Waals surface area contributed by atoms with Crippen molar-refractivity contribution in [2.24, 2.45) is 5.92 Å². The van der Waals surface area contributed by atoms with Crippen molar-refractivity contribution < 1.29 is 9.53 Å². The van der Waals surface area contributed by atoms with Gasteiger partial charge in [0, 0.05) is 6.42 Å². The third kappa shape index (κ3) is 7.32. The normalized spacial score (nSPS) is 11.8. The predicted molar refractivity (Wildman–Crippen MR) is 52.8 cm³/mol. The van der Waals surface area contributed by atoms with Gasteiger partial charge in [-0.05, 0) is 31.8 Å². The molecule has 2 nitrogen and oxygen atoms in total. The molecule has 0 amide bonds. The van der Waals surface area contributed by atoms with E-state index in [1.54, 1.807) is 0 Å². The van der Waals surface area contributed by atoms with Crippen LogP contribution in [-0.2, 0) is 9.53 Å². The van der Waals surface area contributed by atoms with E-state index in [0.29, 0.717) is 24.6 Å². The van der Waals surface area contributed by atoms with Crippen LogP contribution < -0.4 is 0 Å². The Balaban J connectivity index is 3.38. The largest absolute Gasteiger partial charge is 0.433 e. The molecular formula is C11H17O2. The Kier molecular flexibility index (Phi) is 6.98. The first-order valence-electron chi connectivity index (χ1n) is 4.53. The van der Waals surface area contributed by atoms with Gasteiger partial charge < -0.3 is 4.74 Å². The lowest BCUT2D eigenvalue weighted by Crippen LogP contribution is -1.94. The van der Waals surface area contributed by atoms with Crippen LogP contribution in [0.5, 0.6) is 0 Å². The monoisotopic (exact) mass is 181 g/mol. The Labute approximate surface area is 80.3 Å². The molecule has 0 saturated heterocycles.